The number of hydrogen-bond donors (Lipinski definition) is 2. The third kappa shape index (κ3) is 3.91. The van der Waals surface area contributed by atoms with Crippen molar-refractivity contribution in [3.63, 3.8) is 0 Å². The minimum Gasteiger partial charge on any atom is -0.382 e. The Morgan fingerprint density at radius 3 is 2.63 bits per heavy atom. The molecule has 1 aromatic rings. The van der Waals surface area contributed by atoms with Gasteiger partial charge in [0, 0.05) is 6.04 Å². The first kappa shape index (κ1) is 13.8. The monoisotopic (exact) mass is 262 g/mol. The van der Waals surface area contributed by atoms with Gasteiger partial charge in [0.2, 0.25) is 0 Å². The Hall–Kier alpha value is -1.65. The predicted molar refractivity (Wildman–Crippen MR) is 74.6 cm³/mol. The largest absolute Gasteiger partial charge is 0.382 e. The molecule has 0 aromatic carbocycles. The predicted octanol–water partition coefficient (Wildman–Crippen LogP) is 2.15. The molecule has 0 aliphatic heterocycles. The lowest BCUT2D eigenvalue weighted by Gasteiger charge is -2.28. The van der Waals surface area contributed by atoms with E-state index in [1.165, 1.54) is 25.7 Å². The molecule has 2 rings (SSSR count). The van der Waals surface area contributed by atoms with Crippen molar-refractivity contribution in [2.45, 2.75) is 51.5 Å². The summed E-state index contributed by atoms with van der Waals surface area (Å²) < 4.78 is 0. The van der Waals surface area contributed by atoms with Crippen molar-refractivity contribution in [1.29, 1.82) is 0 Å². The van der Waals surface area contributed by atoms with Gasteiger partial charge in [-0.25, -0.2) is 0 Å². The minimum atomic E-state index is -0.147. The van der Waals surface area contributed by atoms with Crippen molar-refractivity contribution in [1.82, 2.24) is 15.5 Å². The number of aromatic nitrogens is 2. The van der Waals surface area contributed by atoms with Gasteiger partial charge in [0.05, 0.1) is 0 Å². The highest BCUT2D eigenvalue weighted by Crippen LogP contribution is 2.27. The normalized spacial score (nSPS) is 23.0. The highest BCUT2D eigenvalue weighted by molar-refractivity contribution is 5.92. The third-order valence-electron chi connectivity index (χ3n) is 3.80. The van der Waals surface area contributed by atoms with Crippen molar-refractivity contribution in [3.05, 3.63) is 17.8 Å². The maximum atomic E-state index is 12.0. The van der Waals surface area contributed by atoms with Gasteiger partial charge < -0.3 is 11.1 Å². The Kier molecular flexibility index (Phi) is 4.71. The molecule has 1 fully saturated rings. The number of carbonyl (C=O) groups is 1. The molecule has 0 spiro atoms. The van der Waals surface area contributed by atoms with Crippen LogP contribution in [0.2, 0.25) is 0 Å². The van der Waals surface area contributed by atoms with Gasteiger partial charge in [-0.3, -0.25) is 4.79 Å². The number of nitrogens with zero attached hydrogens (tertiary/aromatic N) is 2. The van der Waals surface area contributed by atoms with Gasteiger partial charge in [0.15, 0.2) is 5.69 Å². The zero-order chi connectivity index (χ0) is 13.7. The SMILES string of the molecule is CCCC1CCC(NC(=O)c2ccc(N)nn2)CC1. The summed E-state index contributed by atoms with van der Waals surface area (Å²) in [6.07, 6.45) is 7.13. The van der Waals surface area contributed by atoms with Crippen LogP contribution in [0.15, 0.2) is 12.1 Å². The second kappa shape index (κ2) is 6.50. The first-order chi connectivity index (χ1) is 9.19. The van der Waals surface area contributed by atoms with E-state index in [1.54, 1.807) is 12.1 Å². The summed E-state index contributed by atoms with van der Waals surface area (Å²) in [6.45, 7) is 2.23. The van der Waals surface area contributed by atoms with E-state index in [0.29, 0.717) is 11.5 Å². The fourth-order valence-electron chi connectivity index (χ4n) is 2.73. The molecule has 1 aromatic heterocycles. The number of nitrogens with two attached hydrogens (primary N) is 1. The quantitative estimate of drug-likeness (QED) is 0.871. The highest BCUT2D eigenvalue weighted by atomic mass is 16.2. The summed E-state index contributed by atoms with van der Waals surface area (Å²) in [5, 5.41) is 10.5. The van der Waals surface area contributed by atoms with E-state index in [4.69, 9.17) is 5.73 Å². The van der Waals surface area contributed by atoms with Crippen LogP contribution >= 0.6 is 0 Å². The fraction of sp³-hybridized carbons (Fsp3) is 0.643. The van der Waals surface area contributed by atoms with E-state index >= 15 is 0 Å². The molecule has 0 unspecified atom stereocenters. The molecule has 19 heavy (non-hydrogen) atoms. The third-order valence-corrected chi connectivity index (χ3v) is 3.80. The number of rotatable bonds is 4. The average molecular weight is 262 g/mol. The van der Waals surface area contributed by atoms with Crippen molar-refractivity contribution < 1.29 is 4.79 Å². The Morgan fingerprint density at radius 1 is 1.32 bits per heavy atom. The molecule has 1 aliphatic rings. The molecular formula is C14H22N4O. The lowest BCUT2D eigenvalue weighted by atomic mass is 9.83. The van der Waals surface area contributed by atoms with Crippen molar-refractivity contribution in [3.8, 4) is 0 Å². The number of amides is 1. The first-order valence-corrected chi connectivity index (χ1v) is 7.09. The van der Waals surface area contributed by atoms with Crippen LogP contribution in [0.5, 0.6) is 0 Å². The number of nitrogen functional groups attached to an aromatic ring is 1. The van der Waals surface area contributed by atoms with E-state index in [-0.39, 0.29) is 11.9 Å². The number of carbonyl (C=O) groups excluding carboxylic acids is 1. The summed E-state index contributed by atoms with van der Waals surface area (Å²) in [6, 6.07) is 3.49. The van der Waals surface area contributed by atoms with Gasteiger partial charge >= 0.3 is 0 Å². The average Bonchev–Trinajstić information content (AvgIpc) is 2.42. The molecule has 5 heteroatoms. The maximum Gasteiger partial charge on any atom is 0.272 e. The number of hydrogen-bond acceptors (Lipinski definition) is 4. The van der Waals surface area contributed by atoms with E-state index in [0.717, 1.165) is 18.8 Å². The molecule has 104 valence electrons. The van der Waals surface area contributed by atoms with Crippen molar-refractivity contribution in [2.75, 3.05) is 5.73 Å². The second-order valence-electron chi connectivity index (χ2n) is 5.32. The fourth-order valence-corrected chi connectivity index (χ4v) is 2.73. The summed E-state index contributed by atoms with van der Waals surface area (Å²) in [4.78, 5) is 12.0. The molecule has 1 heterocycles. The zero-order valence-electron chi connectivity index (χ0n) is 11.4. The summed E-state index contributed by atoms with van der Waals surface area (Å²) >= 11 is 0. The molecule has 0 bridgehead atoms. The van der Waals surface area contributed by atoms with Gasteiger partial charge in [-0.1, -0.05) is 19.8 Å². The smallest absolute Gasteiger partial charge is 0.272 e. The molecular weight excluding hydrogens is 240 g/mol. The highest BCUT2D eigenvalue weighted by Gasteiger charge is 2.22. The molecule has 1 saturated carbocycles. The molecule has 0 radical (unpaired) electrons. The van der Waals surface area contributed by atoms with Crippen LogP contribution in [0.4, 0.5) is 5.82 Å². The first-order valence-electron chi connectivity index (χ1n) is 7.09. The van der Waals surface area contributed by atoms with Crippen LogP contribution in [0.3, 0.4) is 0 Å². The Balaban J connectivity index is 1.82. The van der Waals surface area contributed by atoms with E-state index in [2.05, 4.69) is 22.4 Å². The standard InChI is InChI=1S/C14H22N4O/c1-2-3-10-4-6-11(7-5-10)16-14(19)12-8-9-13(15)18-17-12/h8-11H,2-7H2,1H3,(H2,15,18)(H,16,19). The number of anilines is 1. The molecule has 1 aliphatic carbocycles. The molecule has 5 nitrogen and oxygen atoms in total. The number of nitrogens with one attached hydrogen (secondary N) is 1. The molecule has 0 atom stereocenters. The Labute approximate surface area is 114 Å². The van der Waals surface area contributed by atoms with Gasteiger partial charge in [-0.2, -0.15) is 0 Å². The van der Waals surface area contributed by atoms with Crippen LogP contribution in [-0.4, -0.2) is 22.1 Å². The van der Waals surface area contributed by atoms with Crippen LogP contribution in [0.1, 0.15) is 55.9 Å². The summed E-state index contributed by atoms with van der Waals surface area (Å²) in [5.41, 5.74) is 5.79. The topological polar surface area (TPSA) is 80.9 Å². The lowest BCUT2D eigenvalue weighted by molar-refractivity contribution is 0.0915. The molecule has 1 amide bonds. The van der Waals surface area contributed by atoms with E-state index in [9.17, 15) is 4.79 Å². The van der Waals surface area contributed by atoms with Crippen LogP contribution < -0.4 is 11.1 Å². The van der Waals surface area contributed by atoms with Crippen molar-refractivity contribution >= 4 is 11.7 Å². The van der Waals surface area contributed by atoms with Gasteiger partial charge in [-0.05, 0) is 43.7 Å². The molecule has 0 saturated heterocycles. The second-order valence-corrected chi connectivity index (χ2v) is 5.32. The van der Waals surface area contributed by atoms with Crippen LogP contribution in [0.25, 0.3) is 0 Å². The van der Waals surface area contributed by atoms with E-state index < -0.39 is 0 Å². The van der Waals surface area contributed by atoms with Gasteiger partial charge in [0.1, 0.15) is 5.82 Å². The summed E-state index contributed by atoms with van der Waals surface area (Å²) in [5.74, 6) is 1.03. The molecule has 3 N–H and O–H groups in total. The maximum absolute atomic E-state index is 12.0. The van der Waals surface area contributed by atoms with Crippen LogP contribution in [0, 0.1) is 5.92 Å². The Morgan fingerprint density at radius 2 is 2.05 bits per heavy atom. The van der Waals surface area contributed by atoms with Crippen LogP contribution in [-0.2, 0) is 0 Å². The van der Waals surface area contributed by atoms with Gasteiger partial charge in [-0.15, -0.1) is 10.2 Å². The summed E-state index contributed by atoms with van der Waals surface area (Å²) in [7, 11) is 0. The lowest BCUT2D eigenvalue weighted by Crippen LogP contribution is -2.38. The minimum absolute atomic E-state index is 0.147. The van der Waals surface area contributed by atoms with Crippen molar-refractivity contribution in [2.24, 2.45) is 5.92 Å². The van der Waals surface area contributed by atoms with E-state index in [1.807, 2.05) is 0 Å². The zero-order valence-corrected chi connectivity index (χ0v) is 11.4. The van der Waals surface area contributed by atoms with Gasteiger partial charge in [0.25, 0.3) is 5.91 Å². The Bertz CT molecular complexity index is 410.